The minimum atomic E-state index is 0.641. The molecule has 0 unspecified atom stereocenters. The van der Waals surface area contributed by atoms with Gasteiger partial charge in [-0.1, -0.05) is 18.2 Å². The summed E-state index contributed by atoms with van der Waals surface area (Å²) in [6.07, 6.45) is 6.33. The lowest BCUT2D eigenvalue weighted by molar-refractivity contribution is 0.893. The second-order valence-corrected chi connectivity index (χ2v) is 4.33. The monoisotopic (exact) mass is 278 g/mol. The molecule has 3 aromatic heterocycles. The van der Waals surface area contributed by atoms with Crippen molar-refractivity contribution in [3.63, 3.8) is 0 Å². The van der Waals surface area contributed by atoms with Crippen LogP contribution in [0.4, 0.5) is 5.82 Å². The normalized spacial score (nSPS) is 10.9. The molecule has 3 heterocycles. The first-order valence-corrected chi connectivity index (χ1v) is 6.27. The van der Waals surface area contributed by atoms with E-state index in [1.165, 1.54) is 6.33 Å². The fourth-order valence-corrected chi connectivity index (χ4v) is 2.07. The maximum atomic E-state index is 4.39. The van der Waals surface area contributed by atoms with Crippen LogP contribution in [0.3, 0.4) is 0 Å². The molecule has 8 heteroatoms. The number of anilines is 1. The second kappa shape index (κ2) is 4.67. The molecule has 0 saturated carbocycles. The first-order chi connectivity index (χ1) is 10.4. The van der Waals surface area contributed by atoms with E-state index in [1.54, 1.807) is 28.2 Å². The molecular formula is C13H10N8. The quantitative estimate of drug-likeness (QED) is 0.607. The van der Waals surface area contributed by atoms with Gasteiger partial charge in [0.15, 0.2) is 11.5 Å². The van der Waals surface area contributed by atoms with Crippen molar-refractivity contribution in [2.75, 3.05) is 5.43 Å². The standard InChI is InChI=1S/C13H10N8/c1-2-4-10(5-3-1)21-13-11(6-18-21)12(14-7-15-13)19-20-8-16-17-9-20/h1-9H,(H,14,15,19). The van der Waals surface area contributed by atoms with Gasteiger partial charge in [-0.25, -0.2) is 19.3 Å². The van der Waals surface area contributed by atoms with Gasteiger partial charge in [0, 0.05) is 0 Å². The highest BCUT2D eigenvalue weighted by molar-refractivity contribution is 5.86. The summed E-state index contributed by atoms with van der Waals surface area (Å²) < 4.78 is 3.38. The second-order valence-electron chi connectivity index (χ2n) is 4.33. The fraction of sp³-hybridized carbons (Fsp3) is 0. The zero-order valence-electron chi connectivity index (χ0n) is 10.8. The average molecular weight is 278 g/mol. The van der Waals surface area contributed by atoms with Crippen LogP contribution < -0.4 is 5.43 Å². The zero-order valence-corrected chi connectivity index (χ0v) is 10.8. The lowest BCUT2D eigenvalue weighted by Crippen LogP contribution is -2.08. The maximum absolute atomic E-state index is 4.39. The molecule has 4 aromatic rings. The van der Waals surface area contributed by atoms with Crippen molar-refractivity contribution in [3.8, 4) is 5.69 Å². The van der Waals surface area contributed by atoms with E-state index in [9.17, 15) is 0 Å². The van der Waals surface area contributed by atoms with E-state index in [-0.39, 0.29) is 0 Å². The predicted octanol–water partition coefficient (Wildman–Crippen LogP) is 1.28. The molecule has 0 saturated heterocycles. The van der Waals surface area contributed by atoms with Gasteiger partial charge >= 0.3 is 0 Å². The average Bonchev–Trinajstić information content (AvgIpc) is 3.18. The lowest BCUT2D eigenvalue weighted by atomic mass is 10.3. The fourth-order valence-electron chi connectivity index (χ4n) is 2.07. The molecule has 0 aliphatic rings. The maximum Gasteiger partial charge on any atom is 0.168 e. The summed E-state index contributed by atoms with van der Waals surface area (Å²) in [5.74, 6) is 0.641. The molecule has 0 spiro atoms. The SMILES string of the molecule is c1ccc(-n2ncc3c(Nn4cnnc4)ncnc32)cc1. The number of nitrogens with one attached hydrogen (secondary N) is 1. The Bertz CT molecular complexity index is 866. The molecule has 0 radical (unpaired) electrons. The van der Waals surface area contributed by atoms with E-state index >= 15 is 0 Å². The topological polar surface area (TPSA) is 86.3 Å². The van der Waals surface area contributed by atoms with Crippen LogP contribution in [0, 0.1) is 0 Å². The van der Waals surface area contributed by atoms with Gasteiger partial charge < -0.3 is 0 Å². The van der Waals surface area contributed by atoms with Gasteiger partial charge in [-0.05, 0) is 12.1 Å². The van der Waals surface area contributed by atoms with Crippen LogP contribution in [0.2, 0.25) is 0 Å². The molecule has 4 rings (SSSR count). The van der Waals surface area contributed by atoms with Crippen molar-refractivity contribution in [2.45, 2.75) is 0 Å². The van der Waals surface area contributed by atoms with Gasteiger partial charge in [-0.2, -0.15) is 5.10 Å². The molecule has 0 amide bonds. The van der Waals surface area contributed by atoms with Crippen LogP contribution in [0.5, 0.6) is 0 Å². The Morgan fingerprint density at radius 2 is 1.76 bits per heavy atom. The summed E-state index contributed by atoms with van der Waals surface area (Å²) >= 11 is 0. The van der Waals surface area contributed by atoms with Gasteiger partial charge in [-0.15, -0.1) is 10.2 Å². The number of hydrogen-bond donors (Lipinski definition) is 1. The third-order valence-electron chi connectivity index (χ3n) is 3.02. The zero-order chi connectivity index (χ0) is 14.1. The minimum absolute atomic E-state index is 0.641. The highest BCUT2D eigenvalue weighted by Gasteiger charge is 2.10. The van der Waals surface area contributed by atoms with Crippen molar-refractivity contribution in [1.82, 2.24) is 34.6 Å². The summed E-state index contributed by atoms with van der Waals surface area (Å²) in [4.78, 5) is 8.55. The van der Waals surface area contributed by atoms with E-state index in [0.29, 0.717) is 5.82 Å². The number of para-hydroxylation sites is 1. The first kappa shape index (κ1) is 11.5. The van der Waals surface area contributed by atoms with Crippen LogP contribution in [0.15, 0.2) is 55.5 Å². The highest BCUT2D eigenvalue weighted by atomic mass is 15.5. The van der Waals surface area contributed by atoms with E-state index in [2.05, 4.69) is 30.7 Å². The van der Waals surface area contributed by atoms with Crippen molar-refractivity contribution >= 4 is 16.9 Å². The summed E-state index contributed by atoms with van der Waals surface area (Å²) in [6, 6.07) is 9.83. The van der Waals surface area contributed by atoms with Crippen LogP contribution >= 0.6 is 0 Å². The van der Waals surface area contributed by atoms with Crippen molar-refractivity contribution in [1.29, 1.82) is 0 Å². The van der Waals surface area contributed by atoms with E-state index in [1.807, 2.05) is 30.3 Å². The number of fused-ring (bicyclic) bond motifs is 1. The Kier molecular flexibility index (Phi) is 2.57. The molecule has 1 aromatic carbocycles. The summed E-state index contributed by atoms with van der Waals surface area (Å²) in [7, 11) is 0. The highest BCUT2D eigenvalue weighted by Crippen LogP contribution is 2.21. The summed E-state index contributed by atoms with van der Waals surface area (Å²) in [5.41, 5.74) is 4.75. The van der Waals surface area contributed by atoms with E-state index in [4.69, 9.17) is 0 Å². The molecule has 0 fully saturated rings. The minimum Gasteiger partial charge on any atom is -0.274 e. The molecule has 0 atom stereocenters. The van der Waals surface area contributed by atoms with Gasteiger partial charge in [0.2, 0.25) is 0 Å². The number of nitrogens with zero attached hydrogens (tertiary/aromatic N) is 7. The first-order valence-electron chi connectivity index (χ1n) is 6.27. The number of benzene rings is 1. The van der Waals surface area contributed by atoms with Crippen molar-refractivity contribution in [2.24, 2.45) is 0 Å². The Morgan fingerprint density at radius 3 is 2.57 bits per heavy atom. The van der Waals surface area contributed by atoms with Gasteiger partial charge in [0.25, 0.3) is 0 Å². The molecule has 8 nitrogen and oxygen atoms in total. The molecule has 1 N–H and O–H groups in total. The Balaban J connectivity index is 1.83. The molecule has 0 bridgehead atoms. The van der Waals surface area contributed by atoms with Crippen molar-refractivity contribution < 1.29 is 0 Å². The molecule has 0 aliphatic carbocycles. The van der Waals surface area contributed by atoms with Crippen LogP contribution in [0.1, 0.15) is 0 Å². The third kappa shape index (κ3) is 1.98. The largest absolute Gasteiger partial charge is 0.274 e. The molecule has 21 heavy (non-hydrogen) atoms. The van der Waals surface area contributed by atoms with Crippen LogP contribution in [0.25, 0.3) is 16.7 Å². The molecule has 102 valence electrons. The van der Waals surface area contributed by atoms with Gasteiger partial charge in [-0.3, -0.25) is 5.43 Å². The van der Waals surface area contributed by atoms with Gasteiger partial charge in [0.05, 0.1) is 17.3 Å². The van der Waals surface area contributed by atoms with Crippen LogP contribution in [-0.2, 0) is 0 Å². The molecular weight excluding hydrogens is 268 g/mol. The van der Waals surface area contributed by atoms with E-state index < -0.39 is 0 Å². The summed E-state index contributed by atoms with van der Waals surface area (Å²) in [5, 5.41) is 12.7. The third-order valence-corrected chi connectivity index (χ3v) is 3.02. The Labute approximate surface area is 119 Å². The number of aromatic nitrogens is 7. The number of hydrogen-bond acceptors (Lipinski definition) is 6. The summed E-state index contributed by atoms with van der Waals surface area (Å²) in [6.45, 7) is 0. The Morgan fingerprint density at radius 1 is 0.952 bits per heavy atom. The van der Waals surface area contributed by atoms with Gasteiger partial charge in [0.1, 0.15) is 19.0 Å². The van der Waals surface area contributed by atoms with Crippen molar-refractivity contribution in [3.05, 3.63) is 55.5 Å². The van der Waals surface area contributed by atoms with Crippen LogP contribution in [-0.4, -0.2) is 34.6 Å². The lowest BCUT2D eigenvalue weighted by Gasteiger charge is -2.06. The Hall–Kier alpha value is -3.29. The number of rotatable bonds is 3. The van der Waals surface area contributed by atoms with E-state index in [0.717, 1.165) is 16.7 Å². The molecule has 0 aliphatic heterocycles. The predicted molar refractivity (Wildman–Crippen MR) is 75.7 cm³/mol. The smallest absolute Gasteiger partial charge is 0.168 e.